The summed E-state index contributed by atoms with van der Waals surface area (Å²) in [4.78, 5) is 0. The third-order valence-corrected chi connectivity index (χ3v) is 3.18. The number of rotatable bonds is 4. The lowest BCUT2D eigenvalue weighted by atomic mass is 9.78. The van der Waals surface area contributed by atoms with Crippen LogP contribution in [-0.4, -0.2) is 0 Å². The molecule has 0 radical (unpaired) electrons. The maximum atomic E-state index is 3.90. The molecule has 0 saturated carbocycles. The maximum absolute atomic E-state index is 3.90. The van der Waals surface area contributed by atoms with Gasteiger partial charge in [-0.25, -0.2) is 0 Å². The lowest BCUT2D eigenvalue weighted by Gasteiger charge is -2.26. The van der Waals surface area contributed by atoms with Crippen molar-refractivity contribution in [3.8, 4) is 0 Å². The van der Waals surface area contributed by atoms with E-state index in [1.807, 2.05) is 12.2 Å². The van der Waals surface area contributed by atoms with Crippen molar-refractivity contribution in [2.75, 3.05) is 0 Å². The molecule has 0 bridgehead atoms. The molecule has 80 valence electrons. The topological polar surface area (TPSA) is 0 Å². The molecule has 0 heteroatoms. The monoisotopic (exact) mass is 200 g/mol. The van der Waals surface area contributed by atoms with Crippen molar-refractivity contribution in [1.82, 2.24) is 0 Å². The Hall–Kier alpha value is -1.30. The second kappa shape index (κ2) is 4.48. The second-order valence-corrected chi connectivity index (χ2v) is 4.45. The van der Waals surface area contributed by atoms with E-state index in [1.54, 1.807) is 0 Å². The molecule has 0 aliphatic heterocycles. The highest BCUT2D eigenvalue weighted by atomic mass is 14.2. The van der Waals surface area contributed by atoms with Gasteiger partial charge in [-0.1, -0.05) is 64.3 Å². The molecular formula is C15H20. The molecule has 0 saturated heterocycles. The molecule has 0 spiro atoms. The first-order chi connectivity index (χ1) is 7.06. The molecule has 0 heterocycles. The van der Waals surface area contributed by atoms with Crippen LogP contribution < -0.4 is 0 Å². The van der Waals surface area contributed by atoms with E-state index in [0.29, 0.717) is 0 Å². The van der Waals surface area contributed by atoms with Gasteiger partial charge in [-0.15, -0.1) is 0 Å². The van der Waals surface area contributed by atoms with Gasteiger partial charge in [-0.2, -0.15) is 0 Å². The largest absolute Gasteiger partial charge is 0.0984 e. The van der Waals surface area contributed by atoms with Crippen LogP contribution in [0.2, 0.25) is 0 Å². The summed E-state index contributed by atoms with van der Waals surface area (Å²) in [5, 5.41) is 0. The van der Waals surface area contributed by atoms with Crippen molar-refractivity contribution in [3.05, 3.63) is 48.0 Å². The summed E-state index contributed by atoms with van der Waals surface area (Å²) < 4.78 is 0. The molecule has 0 aliphatic rings. The Morgan fingerprint density at radius 2 is 1.87 bits per heavy atom. The molecule has 0 nitrogen and oxygen atoms in total. The maximum Gasteiger partial charge on any atom is -0.0100 e. The Morgan fingerprint density at radius 1 is 1.20 bits per heavy atom. The smallest absolute Gasteiger partial charge is 0.0100 e. The van der Waals surface area contributed by atoms with Crippen molar-refractivity contribution in [3.63, 3.8) is 0 Å². The van der Waals surface area contributed by atoms with Crippen LogP contribution in [-0.2, 0) is 5.41 Å². The Kier molecular flexibility index (Phi) is 3.52. The fourth-order valence-electron chi connectivity index (χ4n) is 1.77. The fraction of sp³-hybridized carbons (Fsp3) is 0.333. The van der Waals surface area contributed by atoms with Gasteiger partial charge >= 0.3 is 0 Å². The summed E-state index contributed by atoms with van der Waals surface area (Å²) >= 11 is 0. The van der Waals surface area contributed by atoms with E-state index in [1.165, 1.54) is 16.7 Å². The molecule has 0 unspecified atom stereocenters. The van der Waals surface area contributed by atoms with E-state index in [9.17, 15) is 0 Å². The molecule has 0 aromatic heterocycles. The normalized spacial score (nSPS) is 11.1. The van der Waals surface area contributed by atoms with Crippen molar-refractivity contribution >= 4 is 12.2 Å². The molecule has 15 heavy (non-hydrogen) atoms. The Labute approximate surface area is 93.3 Å². The van der Waals surface area contributed by atoms with Gasteiger partial charge in [0.05, 0.1) is 0 Å². The van der Waals surface area contributed by atoms with Crippen LogP contribution in [0.5, 0.6) is 0 Å². The molecule has 1 rings (SSSR count). The van der Waals surface area contributed by atoms with Gasteiger partial charge < -0.3 is 0 Å². The molecule has 0 atom stereocenters. The fourth-order valence-corrected chi connectivity index (χ4v) is 1.77. The zero-order valence-corrected chi connectivity index (χ0v) is 10.0. The second-order valence-electron chi connectivity index (χ2n) is 4.45. The SMILES string of the molecule is C=Cc1cccc(C(C)(C)CC)c1C=C. The molecule has 1 aromatic rings. The van der Waals surface area contributed by atoms with Crippen LogP contribution in [0.3, 0.4) is 0 Å². The Balaban J connectivity index is 3.41. The summed E-state index contributed by atoms with van der Waals surface area (Å²) in [6.45, 7) is 14.5. The first kappa shape index (κ1) is 11.8. The van der Waals surface area contributed by atoms with E-state index in [0.717, 1.165) is 6.42 Å². The van der Waals surface area contributed by atoms with Gasteiger partial charge in [0.15, 0.2) is 0 Å². The van der Waals surface area contributed by atoms with Crippen LogP contribution in [0, 0.1) is 0 Å². The predicted octanol–water partition coefficient (Wildman–Crippen LogP) is 4.66. The third kappa shape index (κ3) is 2.20. The van der Waals surface area contributed by atoms with Crippen molar-refractivity contribution in [2.24, 2.45) is 0 Å². The molecular weight excluding hydrogens is 180 g/mol. The number of hydrogen-bond donors (Lipinski definition) is 0. The molecule has 0 amide bonds. The van der Waals surface area contributed by atoms with E-state index in [-0.39, 0.29) is 5.41 Å². The van der Waals surface area contributed by atoms with E-state index >= 15 is 0 Å². The third-order valence-electron chi connectivity index (χ3n) is 3.18. The van der Waals surface area contributed by atoms with E-state index < -0.39 is 0 Å². The Bertz CT molecular complexity index is 370. The van der Waals surface area contributed by atoms with Crippen molar-refractivity contribution < 1.29 is 0 Å². The molecule has 0 aliphatic carbocycles. The van der Waals surface area contributed by atoms with Gasteiger partial charge in [-0.05, 0) is 28.5 Å². The van der Waals surface area contributed by atoms with E-state index in [4.69, 9.17) is 0 Å². The zero-order chi connectivity index (χ0) is 11.5. The average Bonchev–Trinajstić information content (AvgIpc) is 2.27. The summed E-state index contributed by atoms with van der Waals surface area (Å²) in [6.07, 6.45) is 4.95. The van der Waals surface area contributed by atoms with Gasteiger partial charge in [0.2, 0.25) is 0 Å². The minimum Gasteiger partial charge on any atom is -0.0984 e. The molecule has 1 aromatic carbocycles. The average molecular weight is 200 g/mol. The van der Waals surface area contributed by atoms with Crippen LogP contribution in [0.4, 0.5) is 0 Å². The molecule has 0 N–H and O–H groups in total. The summed E-state index contributed by atoms with van der Waals surface area (Å²) in [5.74, 6) is 0. The van der Waals surface area contributed by atoms with Crippen molar-refractivity contribution in [1.29, 1.82) is 0 Å². The lowest BCUT2D eigenvalue weighted by molar-refractivity contribution is 0.505. The minimum absolute atomic E-state index is 0.197. The van der Waals surface area contributed by atoms with Crippen LogP contribution in [0.15, 0.2) is 31.4 Å². The summed E-state index contributed by atoms with van der Waals surface area (Å²) in [7, 11) is 0. The van der Waals surface area contributed by atoms with Crippen LogP contribution in [0.1, 0.15) is 43.9 Å². The molecule has 0 fully saturated rings. The zero-order valence-electron chi connectivity index (χ0n) is 10.0. The quantitative estimate of drug-likeness (QED) is 0.663. The summed E-state index contributed by atoms with van der Waals surface area (Å²) in [6, 6.07) is 6.36. The van der Waals surface area contributed by atoms with Gasteiger partial charge in [0, 0.05) is 0 Å². The lowest BCUT2D eigenvalue weighted by Crippen LogP contribution is -2.17. The highest BCUT2D eigenvalue weighted by molar-refractivity contribution is 5.67. The summed E-state index contributed by atoms with van der Waals surface area (Å²) in [5.41, 5.74) is 3.95. The van der Waals surface area contributed by atoms with Crippen molar-refractivity contribution in [2.45, 2.75) is 32.6 Å². The van der Waals surface area contributed by atoms with Gasteiger partial charge in [0.1, 0.15) is 0 Å². The first-order valence-electron chi connectivity index (χ1n) is 5.45. The minimum atomic E-state index is 0.197. The standard InChI is InChI=1S/C15H20/c1-6-12-10-9-11-14(13(12)7-2)15(4,5)8-3/h6-7,9-11H,1-2,8H2,3-5H3. The number of benzene rings is 1. The highest BCUT2D eigenvalue weighted by Crippen LogP contribution is 2.32. The van der Waals surface area contributed by atoms with Gasteiger partial charge in [-0.3, -0.25) is 0 Å². The van der Waals surface area contributed by atoms with Gasteiger partial charge in [0.25, 0.3) is 0 Å². The number of hydrogen-bond acceptors (Lipinski definition) is 0. The Morgan fingerprint density at radius 3 is 2.33 bits per heavy atom. The van der Waals surface area contributed by atoms with E-state index in [2.05, 4.69) is 52.1 Å². The predicted molar refractivity (Wildman–Crippen MR) is 69.9 cm³/mol. The van der Waals surface area contributed by atoms with Crippen LogP contribution in [0.25, 0.3) is 12.2 Å². The highest BCUT2D eigenvalue weighted by Gasteiger charge is 2.21. The van der Waals surface area contributed by atoms with Crippen LogP contribution >= 0.6 is 0 Å². The first-order valence-corrected chi connectivity index (χ1v) is 5.45.